The van der Waals surface area contributed by atoms with Gasteiger partial charge >= 0.3 is 0 Å². The molecule has 3 heterocycles. The number of hydrogen-bond acceptors (Lipinski definition) is 6. The highest BCUT2D eigenvalue weighted by Gasteiger charge is 2.33. The molecule has 31 heavy (non-hydrogen) atoms. The van der Waals surface area contributed by atoms with Crippen LogP contribution in [0.15, 0.2) is 29.3 Å². The predicted molar refractivity (Wildman–Crippen MR) is 117 cm³/mol. The van der Waals surface area contributed by atoms with Crippen LogP contribution in [-0.4, -0.2) is 65.5 Å². The van der Waals surface area contributed by atoms with E-state index in [1.807, 2.05) is 0 Å². The summed E-state index contributed by atoms with van der Waals surface area (Å²) in [7, 11) is -3.71. The minimum Gasteiger partial charge on any atom is -0.345 e. The number of sulfonamides is 1. The van der Waals surface area contributed by atoms with Crippen LogP contribution < -0.4 is 0 Å². The number of rotatable bonds is 3. The Labute approximate surface area is 187 Å². The van der Waals surface area contributed by atoms with Gasteiger partial charge in [-0.05, 0) is 30.7 Å². The van der Waals surface area contributed by atoms with Crippen LogP contribution in [0.1, 0.15) is 26.8 Å². The van der Waals surface area contributed by atoms with E-state index >= 15 is 0 Å². The van der Waals surface area contributed by atoms with Crippen molar-refractivity contribution >= 4 is 55.6 Å². The molecule has 1 fully saturated rings. The summed E-state index contributed by atoms with van der Waals surface area (Å²) in [4.78, 5) is 34.4. The van der Waals surface area contributed by atoms with E-state index < -0.39 is 10.0 Å². The van der Waals surface area contributed by atoms with Gasteiger partial charge in [0.05, 0.1) is 5.69 Å². The summed E-state index contributed by atoms with van der Waals surface area (Å²) in [6.45, 7) is 0.974. The Bertz CT molecular complexity index is 1310. The van der Waals surface area contributed by atoms with E-state index in [0.717, 1.165) is 16.0 Å². The number of aryl methyl sites for hydroxylation is 1. The highest BCUT2D eigenvalue weighted by molar-refractivity contribution is 7.89. The lowest BCUT2D eigenvalue weighted by molar-refractivity contribution is -0.118. The van der Waals surface area contributed by atoms with Gasteiger partial charge in [0.1, 0.15) is 10.8 Å². The molecule has 11 heteroatoms. The standard InChI is InChI=1S/C20H19ClN4O4S2/c21-13-1-3-15-12(9-13)10-18(22-15)31(28,29)25-7-5-24(6-8-25)20(27)19-23-16-4-2-14(26)11-17(16)30-19/h1,3,9-10,22H,2,4-8,11H2. The first-order valence-corrected chi connectivity index (χ1v) is 12.5. The van der Waals surface area contributed by atoms with Crippen LogP contribution in [0, 0.1) is 0 Å². The lowest BCUT2D eigenvalue weighted by Gasteiger charge is -2.33. The van der Waals surface area contributed by atoms with Crippen molar-refractivity contribution < 1.29 is 18.0 Å². The molecule has 8 nitrogen and oxygen atoms in total. The van der Waals surface area contributed by atoms with E-state index in [4.69, 9.17) is 11.6 Å². The molecular weight excluding hydrogens is 460 g/mol. The zero-order chi connectivity index (χ0) is 21.8. The molecule has 0 radical (unpaired) electrons. The number of Topliss-reactive ketones (excluding diaryl/α,β-unsaturated/α-hetero) is 1. The fraction of sp³-hybridized carbons (Fsp3) is 0.350. The summed E-state index contributed by atoms with van der Waals surface area (Å²) in [5, 5.41) is 1.76. The largest absolute Gasteiger partial charge is 0.345 e. The first-order chi connectivity index (χ1) is 14.8. The average Bonchev–Trinajstić information content (AvgIpc) is 3.37. The van der Waals surface area contributed by atoms with Crippen LogP contribution in [0.5, 0.6) is 0 Å². The number of nitrogens with one attached hydrogen (secondary N) is 1. The first kappa shape index (κ1) is 20.6. The van der Waals surface area contributed by atoms with Gasteiger partial charge in [-0.3, -0.25) is 9.59 Å². The minimum atomic E-state index is -3.71. The molecule has 0 saturated carbocycles. The van der Waals surface area contributed by atoms with Gasteiger partial charge in [-0.25, -0.2) is 13.4 Å². The number of benzene rings is 1. The van der Waals surface area contributed by atoms with Crippen molar-refractivity contribution in [2.75, 3.05) is 26.2 Å². The van der Waals surface area contributed by atoms with E-state index in [-0.39, 0.29) is 42.9 Å². The number of amides is 1. The number of thiazole rings is 1. The molecule has 1 aliphatic heterocycles. The minimum absolute atomic E-state index is 0.113. The summed E-state index contributed by atoms with van der Waals surface area (Å²) in [6.07, 6.45) is 1.41. The number of aromatic amines is 1. The van der Waals surface area contributed by atoms with Gasteiger partial charge in [-0.1, -0.05) is 11.6 Å². The lowest BCUT2D eigenvalue weighted by Crippen LogP contribution is -2.50. The fourth-order valence-corrected chi connectivity index (χ4v) is 6.68. The molecule has 3 aromatic rings. The van der Waals surface area contributed by atoms with Crippen LogP contribution in [-0.2, 0) is 27.7 Å². The number of aromatic nitrogens is 2. The Hall–Kier alpha value is -2.27. The molecular formula is C20H19ClN4O4S2. The summed E-state index contributed by atoms with van der Waals surface area (Å²) < 4.78 is 27.5. The third kappa shape index (κ3) is 3.78. The van der Waals surface area contributed by atoms with Crippen LogP contribution in [0.3, 0.4) is 0 Å². The number of hydrogen-bond donors (Lipinski definition) is 1. The van der Waals surface area contributed by atoms with Crippen molar-refractivity contribution in [3.63, 3.8) is 0 Å². The number of carbonyl (C=O) groups excluding carboxylic acids is 2. The van der Waals surface area contributed by atoms with Crippen molar-refractivity contribution in [2.45, 2.75) is 24.3 Å². The number of nitrogens with zero attached hydrogens (tertiary/aromatic N) is 3. The van der Waals surface area contributed by atoms with Crippen LogP contribution in [0.2, 0.25) is 5.02 Å². The highest BCUT2D eigenvalue weighted by Crippen LogP contribution is 2.28. The molecule has 5 rings (SSSR count). The number of ketones is 1. The number of H-pyrrole nitrogens is 1. The molecule has 2 aliphatic rings. The maximum Gasteiger partial charge on any atom is 0.282 e. The number of piperazine rings is 1. The molecule has 1 saturated heterocycles. The fourth-order valence-electron chi connectivity index (χ4n) is 3.96. The molecule has 1 aliphatic carbocycles. The van der Waals surface area contributed by atoms with Crippen molar-refractivity contribution in [3.05, 3.63) is 44.9 Å². The second kappa shape index (κ2) is 7.70. The molecule has 0 atom stereocenters. The Morgan fingerprint density at radius 3 is 2.68 bits per heavy atom. The third-order valence-corrected chi connectivity index (χ3v) is 8.80. The molecule has 162 valence electrons. The molecule has 1 N–H and O–H groups in total. The topological polar surface area (TPSA) is 103 Å². The van der Waals surface area contributed by atoms with Gasteiger partial charge in [0.2, 0.25) is 0 Å². The van der Waals surface area contributed by atoms with Crippen molar-refractivity contribution in [3.8, 4) is 0 Å². The molecule has 1 aromatic carbocycles. The van der Waals surface area contributed by atoms with E-state index in [1.165, 1.54) is 15.6 Å². The second-order valence-corrected chi connectivity index (χ2v) is 11.1. The van der Waals surface area contributed by atoms with E-state index in [1.54, 1.807) is 29.2 Å². The highest BCUT2D eigenvalue weighted by atomic mass is 35.5. The maximum atomic E-state index is 13.1. The summed E-state index contributed by atoms with van der Waals surface area (Å²) in [5.41, 5.74) is 1.54. The van der Waals surface area contributed by atoms with Gasteiger partial charge in [0.15, 0.2) is 5.01 Å². The Balaban J connectivity index is 1.29. The Morgan fingerprint density at radius 1 is 1.13 bits per heavy atom. The molecule has 0 bridgehead atoms. The van der Waals surface area contributed by atoms with E-state index in [9.17, 15) is 18.0 Å². The Kier molecular flexibility index (Phi) is 5.12. The van der Waals surface area contributed by atoms with Crippen molar-refractivity contribution in [2.24, 2.45) is 0 Å². The lowest BCUT2D eigenvalue weighted by atomic mass is 10.0. The van der Waals surface area contributed by atoms with Crippen LogP contribution >= 0.6 is 22.9 Å². The number of fused-ring (bicyclic) bond motifs is 2. The van der Waals surface area contributed by atoms with E-state index in [2.05, 4.69) is 9.97 Å². The SMILES string of the molecule is O=C1CCc2nc(C(=O)N3CCN(S(=O)(=O)c4cc5cc(Cl)ccc5[nH]4)CC3)sc2C1. The number of halogens is 1. The van der Waals surface area contributed by atoms with Crippen LogP contribution in [0.25, 0.3) is 10.9 Å². The normalized spacial score (nSPS) is 17.8. The quantitative estimate of drug-likeness (QED) is 0.622. The van der Waals surface area contributed by atoms with Crippen molar-refractivity contribution in [1.82, 2.24) is 19.2 Å². The first-order valence-electron chi connectivity index (χ1n) is 9.89. The van der Waals surface area contributed by atoms with Gasteiger partial charge in [-0.15, -0.1) is 11.3 Å². The van der Waals surface area contributed by atoms with Crippen LogP contribution in [0.4, 0.5) is 0 Å². The van der Waals surface area contributed by atoms with Gasteiger partial charge in [0, 0.05) is 59.8 Å². The average molecular weight is 479 g/mol. The third-order valence-electron chi connectivity index (χ3n) is 5.66. The molecule has 1 amide bonds. The summed E-state index contributed by atoms with van der Waals surface area (Å²) in [5.74, 6) is -0.0302. The zero-order valence-corrected chi connectivity index (χ0v) is 18.8. The molecule has 0 unspecified atom stereocenters. The van der Waals surface area contributed by atoms with E-state index in [0.29, 0.717) is 34.8 Å². The monoisotopic (exact) mass is 478 g/mol. The van der Waals surface area contributed by atoms with Gasteiger partial charge in [0.25, 0.3) is 15.9 Å². The zero-order valence-electron chi connectivity index (χ0n) is 16.4. The second-order valence-electron chi connectivity index (χ2n) is 7.67. The Morgan fingerprint density at radius 2 is 1.90 bits per heavy atom. The smallest absolute Gasteiger partial charge is 0.282 e. The van der Waals surface area contributed by atoms with Gasteiger partial charge in [-0.2, -0.15) is 4.31 Å². The molecule has 2 aromatic heterocycles. The summed E-state index contributed by atoms with van der Waals surface area (Å²) in [6, 6.07) is 6.74. The van der Waals surface area contributed by atoms with Gasteiger partial charge < -0.3 is 9.88 Å². The maximum absolute atomic E-state index is 13.1. The number of carbonyl (C=O) groups is 2. The summed E-state index contributed by atoms with van der Waals surface area (Å²) >= 11 is 7.27. The molecule has 0 spiro atoms. The van der Waals surface area contributed by atoms with Crippen molar-refractivity contribution in [1.29, 1.82) is 0 Å². The predicted octanol–water partition coefficient (Wildman–Crippen LogP) is 2.48.